The zero-order chi connectivity index (χ0) is 32.9. The maximum absolute atomic E-state index is 14.7. The summed E-state index contributed by atoms with van der Waals surface area (Å²) in [5, 5.41) is 6.89. The second-order valence-electron chi connectivity index (χ2n) is 17.6. The SMILES string of the molecule is CN(C)CC12CC3CC(C1)CC(C(=O)N1CCCC1C(=O)NC(CC1=CNC4CCCCC14)C(=O)N(C)CC1CCCCC1Br)(C3)C2. The lowest BCUT2D eigenvalue weighted by molar-refractivity contribution is -0.171. The van der Waals surface area contributed by atoms with Gasteiger partial charge in [0.25, 0.3) is 0 Å². The van der Waals surface area contributed by atoms with Crippen LogP contribution in [0.4, 0.5) is 0 Å². The summed E-state index contributed by atoms with van der Waals surface area (Å²) in [5.74, 6) is 2.26. The van der Waals surface area contributed by atoms with E-state index in [2.05, 4.69) is 51.8 Å². The molecule has 0 spiro atoms. The quantitative estimate of drug-likeness (QED) is 0.294. The Bertz CT molecular complexity index is 1220. The van der Waals surface area contributed by atoms with Crippen LogP contribution in [0.15, 0.2) is 11.8 Å². The first-order valence-corrected chi connectivity index (χ1v) is 20.1. The topological polar surface area (TPSA) is 85.0 Å². The molecule has 8 nitrogen and oxygen atoms in total. The Kier molecular flexibility index (Phi) is 9.80. The fraction of sp³-hybridized carbons (Fsp3) is 0.868. The van der Waals surface area contributed by atoms with E-state index in [0.29, 0.717) is 60.5 Å². The molecule has 1 saturated heterocycles. The highest BCUT2D eigenvalue weighted by atomic mass is 79.9. The number of nitrogens with zero attached hydrogens (tertiary/aromatic N) is 3. The van der Waals surface area contributed by atoms with E-state index in [1.165, 1.54) is 56.9 Å². The first-order chi connectivity index (χ1) is 22.5. The Morgan fingerprint density at radius 3 is 2.45 bits per heavy atom. The zero-order valence-electron chi connectivity index (χ0n) is 29.3. The Balaban J connectivity index is 1.07. The lowest BCUT2D eigenvalue weighted by Crippen LogP contribution is -2.62. The van der Waals surface area contributed by atoms with Crippen LogP contribution in [0.1, 0.15) is 109 Å². The fourth-order valence-electron chi connectivity index (χ4n) is 12.2. The third-order valence-corrected chi connectivity index (χ3v) is 14.8. The smallest absolute Gasteiger partial charge is 0.245 e. The van der Waals surface area contributed by atoms with E-state index in [1.807, 2.05) is 16.8 Å². The minimum Gasteiger partial charge on any atom is -0.388 e. The molecule has 0 aromatic carbocycles. The molecule has 2 aliphatic heterocycles. The lowest BCUT2D eigenvalue weighted by atomic mass is 9.43. The average Bonchev–Trinajstić information content (AvgIpc) is 3.67. The van der Waals surface area contributed by atoms with Crippen molar-refractivity contribution in [3.05, 3.63) is 11.8 Å². The van der Waals surface area contributed by atoms with Crippen LogP contribution in [0.3, 0.4) is 0 Å². The highest BCUT2D eigenvalue weighted by Crippen LogP contribution is 2.66. The summed E-state index contributed by atoms with van der Waals surface area (Å²) < 4.78 is 0. The number of fused-ring (bicyclic) bond motifs is 1. The molecule has 262 valence electrons. The molecule has 0 aromatic rings. The van der Waals surface area contributed by atoms with Crippen LogP contribution in [-0.2, 0) is 14.4 Å². The van der Waals surface area contributed by atoms with E-state index < -0.39 is 12.1 Å². The van der Waals surface area contributed by atoms with E-state index in [9.17, 15) is 14.4 Å². The molecule has 8 atom stereocenters. The predicted octanol–water partition coefficient (Wildman–Crippen LogP) is 5.46. The number of rotatable bonds is 10. The van der Waals surface area contributed by atoms with Gasteiger partial charge in [0.15, 0.2) is 0 Å². The molecule has 0 aromatic heterocycles. The van der Waals surface area contributed by atoms with Crippen LogP contribution in [0.25, 0.3) is 0 Å². The standard InChI is InChI=1S/C38H60BrN5O3/c1-42(2)24-37-17-25-15-26(18-37)20-38(19-25,23-37)36(47)44-14-8-13-33(44)34(45)41-32(16-28-21-40-31-12-7-5-10-29(28)31)35(46)43(3)22-27-9-4-6-11-30(27)39/h21,25-27,29-33,40H,4-20,22-24H2,1-3H3,(H,41,45). The highest BCUT2D eigenvalue weighted by Gasteiger charge is 2.62. The molecule has 2 N–H and O–H groups in total. The Morgan fingerprint density at radius 2 is 1.70 bits per heavy atom. The molecule has 6 aliphatic carbocycles. The minimum absolute atomic E-state index is 0.00590. The summed E-state index contributed by atoms with van der Waals surface area (Å²) >= 11 is 3.89. The lowest BCUT2D eigenvalue weighted by Gasteiger charge is -2.62. The van der Waals surface area contributed by atoms with Gasteiger partial charge >= 0.3 is 0 Å². The minimum atomic E-state index is -0.612. The van der Waals surface area contributed by atoms with Gasteiger partial charge in [-0.2, -0.15) is 0 Å². The maximum Gasteiger partial charge on any atom is 0.245 e. The van der Waals surface area contributed by atoms with Crippen molar-refractivity contribution in [1.82, 2.24) is 25.3 Å². The molecule has 8 aliphatic rings. The molecular formula is C38H60BrN5O3. The second-order valence-corrected chi connectivity index (χ2v) is 18.7. The van der Waals surface area contributed by atoms with Gasteiger partial charge in [-0.15, -0.1) is 0 Å². The monoisotopic (exact) mass is 713 g/mol. The second kappa shape index (κ2) is 13.6. The molecule has 4 bridgehead atoms. The maximum atomic E-state index is 14.7. The van der Waals surface area contributed by atoms with E-state index in [4.69, 9.17) is 0 Å². The van der Waals surface area contributed by atoms with Crippen LogP contribution in [0, 0.1) is 34.5 Å². The predicted molar refractivity (Wildman–Crippen MR) is 189 cm³/mol. The van der Waals surface area contributed by atoms with Crippen molar-refractivity contribution in [2.75, 3.05) is 40.8 Å². The summed E-state index contributed by atoms with van der Waals surface area (Å²) in [6.07, 6.45) is 20.5. The number of halogens is 1. The number of likely N-dealkylation sites (N-methyl/N-ethyl adjacent to an activating group) is 1. The van der Waals surface area contributed by atoms with Gasteiger partial charge < -0.3 is 25.3 Å². The molecule has 6 saturated carbocycles. The number of carbonyl (C=O) groups is 3. The van der Waals surface area contributed by atoms with Crippen LogP contribution in [0.2, 0.25) is 0 Å². The van der Waals surface area contributed by atoms with Crippen LogP contribution >= 0.6 is 15.9 Å². The van der Waals surface area contributed by atoms with E-state index in [1.54, 1.807) is 0 Å². The van der Waals surface area contributed by atoms with Crippen molar-refractivity contribution < 1.29 is 14.4 Å². The van der Waals surface area contributed by atoms with Crippen LogP contribution in [-0.4, -0.2) is 96.2 Å². The molecule has 3 amide bonds. The number of hydrogen-bond donors (Lipinski definition) is 2. The van der Waals surface area contributed by atoms with Crippen molar-refractivity contribution in [3.8, 4) is 0 Å². The van der Waals surface area contributed by atoms with Crippen molar-refractivity contribution >= 4 is 33.7 Å². The Labute approximate surface area is 291 Å². The van der Waals surface area contributed by atoms with Crippen molar-refractivity contribution in [2.24, 2.45) is 34.5 Å². The summed E-state index contributed by atoms with van der Waals surface area (Å²) in [7, 11) is 6.26. The van der Waals surface area contributed by atoms with Crippen molar-refractivity contribution in [2.45, 2.75) is 132 Å². The Morgan fingerprint density at radius 1 is 0.979 bits per heavy atom. The fourth-order valence-corrected chi connectivity index (χ4v) is 13.0. The molecular weight excluding hydrogens is 654 g/mol. The highest BCUT2D eigenvalue weighted by molar-refractivity contribution is 9.09. The van der Waals surface area contributed by atoms with Gasteiger partial charge in [0, 0.05) is 43.5 Å². The third kappa shape index (κ3) is 6.79. The van der Waals surface area contributed by atoms with Gasteiger partial charge in [-0.25, -0.2) is 0 Å². The third-order valence-electron chi connectivity index (χ3n) is 13.6. The molecule has 2 heterocycles. The zero-order valence-corrected chi connectivity index (χ0v) is 30.9. The molecule has 8 rings (SSSR count). The summed E-state index contributed by atoms with van der Waals surface area (Å²) in [4.78, 5) is 49.9. The molecule has 9 heteroatoms. The van der Waals surface area contributed by atoms with Gasteiger partial charge in [0.1, 0.15) is 12.1 Å². The largest absolute Gasteiger partial charge is 0.388 e. The molecule has 47 heavy (non-hydrogen) atoms. The molecule has 8 unspecified atom stereocenters. The van der Waals surface area contributed by atoms with Crippen molar-refractivity contribution in [1.29, 1.82) is 0 Å². The normalized spacial score (nSPS) is 39.7. The van der Waals surface area contributed by atoms with Gasteiger partial charge in [0.05, 0.1) is 5.41 Å². The summed E-state index contributed by atoms with van der Waals surface area (Å²) in [6, 6.07) is -0.637. The van der Waals surface area contributed by atoms with Gasteiger partial charge in [-0.05, 0) is 133 Å². The first kappa shape index (κ1) is 33.9. The van der Waals surface area contributed by atoms with E-state index in [-0.39, 0.29) is 28.6 Å². The number of carbonyl (C=O) groups excluding carboxylic acids is 3. The summed E-state index contributed by atoms with van der Waals surface area (Å²) in [6.45, 7) is 2.41. The number of alkyl halides is 1. The van der Waals surface area contributed by atoms with Gasteiger partial charge in [0.2, 0.25) is 17.7 Å². The van der Waals surface area contributed by atoms with E-state index >= 15 is 0 Å². The number of hydrogen-bond acceptors (Lipinski definition) is 5. The van der Waals surface area contributed by atoms with Gasteiger partial charge in [-0.1, -0.05) is 41.6 Å². The van der Waals surface area contributed by atoms with Gasteiger partial charge in [-0.3, -0.25) is 14.4 Å². The van der Waals surface area contributed by atoms with Crippen LogP contribution < -0.4 is 10.6 Å². The van der Waals surface area contributed by atoms with Crippen LogP contribution in [0.5, 0.6) is 0 Å². The van der Waals surface area contributed by atoms with E-state index in [0.717, 1.165) is 51.5 Å². The average molecular weight is 715 g/mol. The first-order valence-electron chi connectivity index (χ1n) is 19.1. The summed E-state index contributed by atoms with van der Waals surface area (Å²) in [5.41, 5.74) is 1.19. The molecule has 0 radical (unpaired) electrons. The van der Waals surface area contributed by atoms with Crippen molar-refractivity contribution in [3.63, 3.8) is 0 Å². The number of amides is 3. The molecule has 7 fully saturated rings. The number of likely N-dealkylation sites (tertiary alicyclic amines) is 1. The number of nitrogens with one attached hydrogen (secondary N) is 2. The Hall–Kier alpha value is -1.61.